The molecule has 2 N–H and O–H groups in total. The van der Waals surface area contributed by atoms with Gasteiger partial charge in [0.25, 0.3) is 0 Å². The van der Waals surface area contributed by atoms with Crippen molar-refractivity contribution in [3.8, 4) is 12.1 Å². The molecular weight excluding hydrogens is 308 g/mol. The second kappa shape index (κ2) is 4.98. The van der Waals surface area contributed by atoms with E-state index in [0.717, 1.165) is 15.6 Å². The van der Waals surface area contributed by atoms with Crippen molar-refractivity contribution in [2.75, 3.05) is 4.90 Å². The van der Waals surface area contributed by atoms with Crippen LogP contribution in [0.25, 0.3) is 0 Å². The molecule has 3 heterocycles. The standard InChI is InChI=1S/C17H10N4OS/c18-8-10-15(13-5-3-7-22-13)11(9-19)17-21(16(10)20)12-4-1-2-6-14(12)23-17/h1-7,15H,20H2/t15-/m0/s1. The molecule has 0 radical (unpaired) electrons. The summed E-state index contributed by atoms with van der Waals surface area (Å²) < 4.78 is 5.46. The third-order valence-electron chi connectivity index (χ3n) is 3.91. The van der Waals surface area contributed by atoms with Crippen LogP contribution in [0, 0.1) is 22.7 Å². The monoisotopic (exact) mass is 318 g/mol. The minimum Gasteiger partial charge on any atom is -0.468 e. The van der Waals surface area contributed by atoms with Gasteiger partial charge < -0.3 is 10.2 Å². The largest absolute Gasteiger partial charge is 0.468 e. The number of benzene rings is 1. The number of para-hydroxylation sites is 1. The highest BCUT2D eigenvalue weighted by Gasteiger charge is 2.41. The fourth-order valence-electron chi connectivity index (χ4n) is 2.91. The van der Waals surface area contributed by atoms with Crippen LogP contribution < -0.4 is 10.6 Å². The van der Waals surface area contributed by atoms with Crippen LogP contribution in [0.4, 0.5) is 5.69 Å². The number of rotatable bonds is 1. The Morgan fingerprint density at radius 1 is 1.09 bits per heavy atom. The summed E-state index contributed by atoms with van der Waals surface area (Å²) in [5.41, 5.74) is 7.99. The lowest BCUT2D eigenvalue weighted by molar-refractivity contribution is 0.501. The van der Waals surface area contributed by atoms with E-state index in [4.69, 9.17) is 10.2 Å². The van der Waals surface area contributed by atoms with E-state index in [1.807, 2.05) is 24.3 Å². The number of nitriles is 2. The predicted molar refractivity (Wildman–Crippen MR) is 85.7 cm³/mol. The van der Waals surface area contributed by atoms with Crippen molar-refractivity contribution < 1.29 is 4.42 Å². The van der Waals surface area contributed by atoms with Gasteiger partial charge in [0.1, 0.15) is 16.6 Å². The molecule has 23 heavy (non-hydrogen) atoms. The summed E-state index contributed by atoms with van der Waals surface area (Å²) >= 11 is 1.49. The molecule has 6 heteroatoms. The molecule has 4 rings (SSSR count). The number of hydrogen-bond acceptors (Lipinski definition) is 6. The van der Waals surface area contributed by atoms with Crippen LogP contribution in [0.1, 0.15) is 11.7 Å². The van der Waals surface area contributed by atoms with Crippen molar-refractivity contribution in [2.45, 2.75) is 10.8 Å². The number of anilines is 1. The molecule has 2 aliphatic heterocycles. The molecule has 0 saturated heterocycles. The molecule has 1 atom stereocenters. The maximum absolute atomic E-state index is 9.72. The average molecular weight is 318 g/mol. The van der Waals surface area contributed by atoms with Crippen LogP contribution in [-0.2, 0) is 0 Å². The third-order valence-corrected chi connectivity index (χ3v) is 5.07. The molecule has 0 saturated carbocycles. The number of furan rings is 1. The van der Waals surface area contributed by atoms with Crippen LogP contribution in [0.5, 0.6) is 0 Å². The Kier molecular flexibility index (Phi) is 2.94. The summed E-state index contributed by atoms with van der Waals surface area (Å²) in [5, 5.41) is 20.1. The van der Waals surface area contributed by atoms with Gasteiger partial charge in [0.15, 0.2) is 0 Å². The summed E-state index contributed by atoms with van der Waals surface area (Å²) in [6, 6.07) is 15.7. The van der Waals surface area contributed by atoms with E-state index in [1.54, 1.807) is 17.0 Å². The van der Waals surface area contributed by atoms with Crippen LogP contribution in [0.2, 0.25) is 0 Å². The van der Waals surface area contributed by atoms with Crippen molar-refractivity contribution in [3.05, 3.63) is 70.4 Å². The number of nitrogens with zero attached hydrogens (tertiary/aromatic N) is 3. The number of nitrogens with two attached hydrogens (primary N) is 1. The first kappa shape index (κ1) is 13.6. The van der Waals surface area contributed by atoms with Crippen LogP contribution in [0.15, 0.2) is 74.0 Å². The molecule has 110 valence electrons. The Labute approximate surface area is 136 Å². The zero-order valence-electron chi connectivity index (χ0n) is 11.9. The van der Waals surface area contributed by atoms with Gasteiger partial charge in [0.05, 0.1) is 41.2 Å². The maximum atomic E-state index is 9.72. The van der Waals surface area contributed by atoms with Gasteiger partial charge in [0, 0.05) is 4.90 Å². The SMILES string of the molecule is N#CC1=C(N)N2C(=C(C#N)[C@H]1c1ccco1)Sc1ccccc12. The second-order valence-electron chi connectivity index (χ2n) is 5.09. The minimum absolute atomic E-state index is 0.331. The van der Waals surface area contributed by atoms with E-state index in [1.165, 1.54) is 18.0 Å². The summed E-state index contributed by atoms with van der Waals surface area (Å²) in [4.78, 5) is 2.80. The number of allylic oxidation sites excluding steroid dienone is 2. The molecule has 0 amide bonds. The minimum atomic E-state index is -0.562. The lowest BCUT2D eigenvalue weighted by atomic mass is 9.87. The van der Waals surface area contributed by atoms with Gasteiger partial charge in [-0.3, -0.25) is 4.90 Å². The fourth-order valence-corrected chi connectivity index (χ4v) is 4.09. The molecule has 5 nitrogen and oxygen atoms in total. The van der Waals surface area contributed by atoms with Gasteiger partial charge >= 0.3 is 0 Å². The molecule has 1 aromatic carbocycles. The first-order valence-electron chi connectivity index (χ1n) is 6.90. The van der Waals surface area contributed by atoms with E-state index in [0.29, 0.717) is 22.7 Å². The Bertz CT molecular complexity index is 944. The topological polar surface area (TPSA) is 90.0 Å². The van der Waals surface area contributed by atoms with Gasteiger partial charge in [-0.05, 0) is 24.3 Å². The van der Waals surface area contributed by atoms with Gasteiger partial charge in [-0.15, -0.1) is 0 Å². The number of fused-ring (bicyclic) bond motifs is 3. The Balaban J connectivity index is 1.99. The number of thioether (sulfide) groups is 1. The van der Waals surface area contributed by atoms with Crippen molar-refractivity contribution in [1.29, 1.82) is 10.5 Å². The average Bonchev–Trinajstić information content (AvgIpc) is 3.22. The smallest absolute Gasteiger partial charge is 0.123 e. The van der Waals surface area contributed by atoms with Gasteiger partial charge in [0.2, 0.25) is 0 Å². The highest BCUT2D eigenvalue weighted by atomic mass is 32.2. The van der Waals surface area contributed by atoms with Crippen LogP contribution in [-0.4, -0.2) is 0 Å². The molecular formula is C17H10N4OS. The van der Waals surface area contributed by atoms with Crippen LogP contribution >= 0.6 is 11.8 Å². The Morgan fingerprint density at radius 3 is 2.57 bits per heavy atom. The van der Waals surface area contributed by atoms with Gasteiger partial charge in [-0.25, -0.2) is 0 Å². The first-order valence-corrected chi connectivity index (χ1v) is 7.72. The van der Waals surface area contributed by atoms with Crippen molar-refractivity contribution in [1.82, 2.24) is 0 Å². The number of hydrogen-bond donors (Lipinski definition) is 1. The molecule has 0 aliphatic carbocycles. The predicted octanol–water partition coefficient (Wildman–Crippen LogP) is 3.42. The fraction of sp³-hybridized carbons (Fsp3) is 0.0588. The normalized spacial score (nSPS) is 19.2. The van der Waals surface area contributed by atoms with Gasteiger partial charge in [-0.1, -0.05) is 23.9 Å². The molecule has 0 spiro atoms. The van der Waals surface area contributed by atoms with E-state index < -0.39 is 5.92 Å². The van der Waals surface area contributed by atoms with E-state index in [-0.39, 0.29) is 0 Å². The molecule has 0 bridgehead atoms. The highest BCUT2D eigenvalue weighted by Crippen LogP contribution is 2.54. The summed E-state index contributed by atoms with van der Waals surface area (Å²) in [6.45, 7) is 0. The Hall–Kier alpha value is -3.09. The van der Waals surface area contributed by atoms with Crippen molar-refractivity contribution >= 4 is 17.4 Å². The van der Waals surface area contributed by atoms with Crippen LogP contribution in [0.3, 0.4) is 0 Å². The zero-order valence-corrected chi connectivity index (χ0v) is 12.7. The first-order chi connectivity index (χ1) is 11.3. The summed E-state index contributed by atoms with van der Waals surface area (Å²) in [5.74, 6) is 0.332. The van der Waals surface area contributed by atoms with E-state index >= 15 is 0 Å². The van der Waals surface area contributed by atoms with Crippen molar-refractivity contribution in [2.24, 2.45) is 5.73 Å². The second-order valence-corrected chi connectivity index (χ2v) is 6.13. The van der Waals surface area contributed by atoms with Crippen molar-refractivity contribution in [3.63, 3.8) is 0 Å². The molecule has 2 aliphatic rings. The zero-order chi connectivity index (χ0) is 16.0. The van der Waals surface area contributed by atoms with Gasteiger partial charge in [-0.2, -0.15) is 10.5 Å². The maximum Gasteiger partial charge on any atom is 0.123 e. The summed E-state index contributed by atoms with van der Waals surface area (Å²) in [7, 11) is 0. The molecule has 0 fully saturated rings. The Morgan fingerprint density at radius 2 is 1.87 bits per heavy atom. The molecule has 1 aromatic heterocycles. The molecule has 0 unspecified atom stereocenters. The molecule has 2 aromatic rings. The highest BCUT2D eigenvalue weighted by molar-refractivity contribution is 8.03. The lowest BCUT2D eigenvalue weighted by Gasteiger charge is -2.30. The quantitative estimate of drug-likeness (QED) is 0.866. The lowest BCUT2D eigenvalue weighted by Crippen LogP contribution is -2.32. The summed E-state index contributed by atoms with van der Waals surface area (Å²) in [6.07, 6.45) is 1.53. The van der Waals surface area contributed by atoms with E-state index in [2.05, 4.69) is 12.1 Å². The van der Waals surface area contributed by atoms with E-state index in [9.17, 15) is 10.5 Å². The third kappa shape index (κ3) is 1.79.